The lowest BCUT2D eigenvalue weighted by Crippen LogP contribution is -2.31. The summed E-state index contributed by atoms with van der Waals surface area (Å²) in [6.07, 6.45) is 1.01. The molecule has 12 heavy (non-hydrogen) atoms. The smallest absolute Gasteiger partial charge is 0.324 e. The SMILES string of the molecule is C=COC(=O)CN(C)CC(=O)O. The standard InChI is InChI=1S/C7H11NO4/c1-3-12-7(11)5-8(2)4-6(9)10/h3H,1,4-5H2,2H3,(H,9,10). The highest BCUT2D eigenvalue weighted by atomic mass is 16.5. The molecular weight excluding hydrogens is 162 g/mol. The van der Waals surface area contributed by atoms with Crippen LogP contribution in [-0.2, 0) is 14.3 Å². The third-order valence-electron chi connectivity index (χ3n) is 1.02. The lowest BCUT2D eigenvalue weighted by Gasteiger charge is -2.10. The summed E-state index contributed by atoms with van der Waals surface area (Å²) in [6, 6.07) is 0. The first-order valence-corrected chi connectivity index (χ1v) is 3.27. The molecule has 5 nitrogen and oxygen atoms in total. The zero-order chi connectivity index (χ0) is 9.56. The summed E-state index contributed by atoms with van der Waals surface area (Å²) in [6.45, 7) is 2.95. The number of esters is 1. The van der Waals surface area contributed by atoms with Crippen molar-refractivity contribution in [3.05, 3.63) is 12.8 Å². The molecule has 0 aromatic heterocycles. The van der Waals surface area contributed by atoms with E-state index < -0.39 is 11.9 Å². The summed E-state index contributed by atoms with van der Waals surface area (Å²) in [5.74, 6) is -1.50. The monoisotopic (exact) mass is 173 g/mol. The fourth-order valence-electron chi connectivity index (χ4n) is 0.637. The first-order chi connectivity index (χ1) is 5.56. The van der Waals surface area contributed by atoms with Crippen LogP contribution in [0.1, 0.15) is 0 Å². The number of carbonyl (C=O) groups is 2. The lowest BCUT2D eigenvalue weighted by molar-refractivity contribution is -0.141. The first-order valence-electron chi connectivity index (χ1n) is 3.27. The van der Waals surface area contributed by atoms with Gasteiger partial charge in [0.25, 0.3) is 0 Å². The van der Waals surface area contributed by atoms with Crippen molar-refractivity contribution in [2.45, 2.75) is 0 Å². The molecule has 0 radical (unpaired) electrons. The van der Waals surface area contributed by atoms with Gasteiger partial charge < -0.3 is 9.84 Å². The molecule has 0 aliphatic carbocycles. The van der Waals surface area contributed by atoms with Crippen LogP contribution in [0.5, 0.6) is 0 Å². The molecule has 0 spiro atoms. The van der Waals surface area contributed by atoms with Gasteiger partial charge in [-0.15, -0.1) is 0 Å². The van der Waals surface area contributed by atoms with Gasteiger partial charge in [0.2, 0.25) is 0 Å². The van der Waals surface area contributed by atoms with Crippen LogP contribution in [0.25, 0.3) is 0 Å². The maximum Gasteiger partial charge on any atom is 0.324 e. The zero-order valence-corrected chi connectivity index (χ0v) is 6.82. The molecule has 0 atom stereocenters. The Morgan fingerprint density at radius 3 is 2.58 bits per heavy atom. The topological polar surface area (TPSA) is 66.8 Å². The molecule has 0 aliphatic rings. The highest BCUT2D eigenvalue weighted by Crippen LogP contribution is 1.85. The summed E-state index contributed by atoms with van der Waals surface area (Å²) >= 11 is 0. The van der Waals surface area contributed by atoms with E-state index in [1.165, 1.54) is 11.9 Å². The van der Waals surface area contributed by atoms with Gasteiger partial charge in [-0.25, -0.2) is 0 Å². The van der Waals surface area contributed by atoms with Crippen LogP contribution in [0.3, 0.4) is 0 Å². The number of carbonyl (C=O) groups excluding carboxylic acids is 1. The third-order valence-corrected chi connectivity index (χ3v) is 1.02. The van der Waals surface area contributed by atoms with Crippen LogP contribution < -0.4 is 0 Å². The molecule has 0 aromatic rings. The van der Waals surface area contributed by atoms with Crippen molar-refractivity contribution >= 4 is 11.9 Å². The zero-order valence-electron chi connectivity index (χ0n) is 6.82. The van der Waals surface area contributed by atoms with Crippen LogP contribution in [0.4, 0.5) is 0 Å². The second kappa shape index (κ2) is 5.31. The van der Waals surface area contributed by atoms with Crippen LogP contribution in [0, 0.1) is 0 Å². The third kappa shape index (κ3) is 5.43. The van der Waals surface area contributed by atoms with E-state index in [0.717, 1.165) is 6.26 Å². The number of ether oxygens (including phenoxy) is 1. The molecule has 0 heterocycles. The number of aliphatic carboxylic acids is 1. The molecule has 5 heteroatoms. The van der Waals surface area contributed by atoms with Crippen molar-refractivity contribution in [3.8, 4) is 0 Å². The van der Waals surface area contributed by atoms with E-state index in [2.05, 4.69) is 11.3 Å². The van der Waals surface area contributed by atoms with E-state index in [9.17, 15) is 9.59 Å². The van der Waals surface area contributed by atoms with Gasteiger partial charge >= 0.3 is 11.9 Å². The summed E-state index contributed by atoms with van der Waals surface area (Å²) in [4.78, 5) is 22.2. The van der Waals surface area contributed by atoms with Crippen molar-refractivity contribution in [3.63, 3.8) is 0 Å². The van der Waals surface area contributed by atoms with E-state index in [4.69, 9.17) is 5.11 Å². The number of hydrogen-bond donors (Lipinski definition) is 1. The average molecular weight is 173 g/mol. The van der Waals surface area contributed by atoms with E-state index in [1.54, 1.807) is 0 Å². The van der Waals surface area contributed by atoms with E-state index >= 15 is 0 Å². The predicted molar refractivity (Wildman–Crippen MR) is 41.4 cm³/mol. The maximum absolute atomic E-state index is 10.7. The molecule has 0 aliphatic heterocycles. The van der Waals surface area contributed by atoms with Crippen LogP contribution in [0.2, 0.25) is 0 Å². The normalized spacial score (nSPS) is 9.50. The Morgan fingerprint density at radius 1 is 1.58 bits per heavy atom. The van der Waals surface area contributed by atoms with Gasteiger partial charge in [-0.1, -0.05) is 6.58 Å². The van der Waals surface area contributed by atoms with E-state index in [0.29, 0.717) is 0 Å². The number of carboxylic acid groups (broad SMARTS) is 1. The summed E-state index contributed by atoms with van der Waals surface area (Å²) in [7, 11) is 1.51. The Kier molecular flexibility index (Phi) is 4.71. The molecule has 0 saturated carbocycles. The molecular formula is C7H11NO4. The van der Waals surface area contributed by atoms with Crippen molar-refractivity contribution in [1.82, 2.24) is 4.90 Å². The minimum absolute atomic E-state index is 0.0572. The second-order valence-corrected chi connectivity index (χ2v) is 2.22. The summed E-state index contributed by atoms with van der Waals surface area (Å²) < 4.78 is 4.38. The largest absolute Gasteiger partial charge is 0.480 e. The van der Waals surface area contributed by atoms with Gasteiger partial charge in [0.15, 0.2) is 0 Å². The van der Waals surface area contributed by atoms with Gasteiger partial charge in [-0.2, -0.15) is 0 Å². The molecule has 1 N–H and O–H groups in total. The van der Waals surface area contributed by atoms with Crippen molar-refractivity contribution in [2.75, 3.05) is 20.1 Å². The lowest BCUT2D eigenvalue weighted by atomic mass is 10.5. The van der Waals surface area contributed by atoms with Gasteiger partial charge in [-0.05, 0) is 7.05 Å². The second-order valence-electron chi connectivity index (χ2n) is 2.22. The fraction of sp³-hybridized carbons (Fsp3) is 0.429. The molecule has 0 aromatic carbocycles. The van der Waals surface area contributed by atoms with Crippen molar-refractivity contribution < 1.29 is 19.4 Å². The van der Waals surface area contributed by atoms with E-state index in [1.807, 2.05) is 0 Å². The van der Waals surface area contributed by atoms with Crippen LogP contribution in [-0.4, -0.2) is 42.1 Å². The Bertz CT molecular complexity index is 190. The van der Waals surface area contributed by atoms with Gasteiger partial charge in [0.1, 0.15) is 0 Å². The number of nitrogens with zero attached hydrogens (tertiary/aromatic N) is 1. The molecule has 0 rings (SSSR count). The van der Waals surface area contributed by atoms with E-state index in [-0.39, 0.29) is 13.1 Å². The number of hydrogen-bond acceptors (Lipinski definition) is 4. The maximum atomic E-state index is 10.7. The molecule has 68 valence electrons. The minimum Gasteiger partial charge on any atom is -0.480 e. The minimum atomic E-state index is -0.982. The Balaban J connectivity index is 3.67. The van der Waals surface area contributed by atoms with Crippen LogP contribution in [0.15, 0.2) is 12.8 Å². The number of likely N-dealkylation sites (N-methyl/N-ethyl adjacent to an activating group) is 1. The quantitative estimate of drug-likeness (QED) is 0.456. The molecule has 0 saturated heterocycles. The van der Waals surface area contributed by atoms with Crippen LogP contribution >= 0.6 is 0 Å². The van der Waals surface area contributed by atoms with Gasteiger partial charge in [0, 0.05) is 0 Å². The molecule has 0 fully saturated rings. The van der Waals surface area contributed by atoms with Gasteiger partial charge in [-0.3, -0.25) is 14.5 Å². The molecule has 0 amide bonds. The predicted octanol–water partition coefficient (Wildman–Crippen LogP) is -0.311. The highest BCUT2D eigenvalue weighted by Gasteiger charge is 2.09. The average Bonchev–Trinajstić information content (AvgIpc) is 1.84. The van der Waals surface area contributed by atoms with Crippen molar-refractivity contribution in [1.29, 1.82) is 0 Å². The highest BCUT2D eigenvalue weighted by molar-refractivity contribution is 5.74. The Morgan fingerprint density at radius 2 is 2.17 bits per heavy atom. The summed E-state index contributed by atoms with van der Waals surface area (Å²) in [5, 5.41) is 8.31. The Labute approximate surface area is 70.2 Å². The Hall–Kier alpha value is -1.36. The molecule has 0 bridgehead atoms. The molecule has 0 unspecified atom stereocenters. The number of rotatable bonds is 5. The van der Waals surface area contributed by atoms with Gasteiger partial charge in [0.05, 0.1) is 19.4 Å². The summed E-state index contributed by atoms with van der Waals surface area (Å²) in [5.41, 5.74) is 0. The van der Waals surface area contributed by atoms with Crippen molar-refractivity contribution in [2.24, 2.45) is 0 Å². The number of carboxylic acids is 1. The fourth-order valence-corrected chi connectivity index (χ4v) is 0.637. The first kappa shape index (κ1) is 10.6.